The van der Waals surface area contributed by atoms with Gasteiger partial charge in [-0.15, -0.1) is 0 Å². The molecule has 1 saturated heterocycles. The molecule has 5 heteroatoms. The van der Waals surface area contributed by atoms with Gasteiger partial charge in [0.05, 0.1) is 12.7 Å². The summed E-state index contributed by atoms with van der Waals surface area (Å²) >= 11 is 0. The quantitative estimate of drug-likeness (QED) is 0.656. The molecule has 1 aliphatic carbocycles. The molecule has 0 N–H and O–H groups in total. The average Bonchev–Trinajstić information content (AvgIpc) is 2.59. The van der Waals surface area contributed by atoms with Gasteiger partial charge in [-0.2, -0.15) is 0 Å². The Balaban J connectivity index is 2.45. The largest absolute Gasteiger partial charge is 0.294 e. The van der Waals surface area contributed by atoms with Crippen LogP contribution < -0.4 is 0 Å². The number of carbonyl (C=O) groups excluding carboxylic acids is 3. The maximum atomic E-state index is 11.6. The normalized spacial score (nSPS) is 27.9. The van der Waals surface area contributed by atoms with Crippen molar-refractivity contribution in [3.8, 4) is 0 Å². The molecule has 2 rings (SSSR count). The van der Waals surface area contributed by atoms with Crippen molar-refractivity contribution in [2.45, 2.75) is 25.3 Å². The molecule has 1 heterocycles. The highest BCUT2D eigenvalue weighted by atomic mass is 16.7. The number of allylic oxidation sites excluding steroid dienone is 2. The maximum Gasteiger partial charge on any atom is 0.247 e. The second-order valence-electron chi connectivity index (χ2n) is 4.17. The van der Waals surface area contributed by atoms with Gasteiger partial charge in [0.2, 0.25) is 5.91 Å². The molecule has 0 saturated carbocycles. The molecule has 0 aromatic carbocycles. The zero-order valence-electron chi connectivity index (χ0n) is 9.73. The van der Waals surface area contributed by atoms with Crippen LogP contribution in [-0.2, 0) is 19.2 Å². The zero-order valence-corrected chi connectivity index (χ0v) is 9.73. The first-order valence-electron chi connectivity index (χ1n) is 5.35. The second kappa shape index (κ2) is 3.92. The Morgan fingerprint density at radius 1 is 1.47 bits per heavy atom. The Morgan fingerprint density at radius 2 is 2.18 bits per heavy atom. The minimum atomic E-state index is -0.777. The Kier molecular flexibility index (Phi) is 2.71. The van der Waals surface area contributed by atoms with Gasteiger partial charge >= 0.3 is 0 Å². The van der Waals surface area contributed by atoms with Crippen LogP contribution in [0.25, 0.3) is 0 Å². The van der Waals surface area contributed by atoms with Crippen LogP contribution in [0.2, 0.25) is 0 Å². The molecule has 1 atom stereocenters. The van der Waals surface area contributed by atoms with Gasteiger partial charge < -0.3 is 0 Å². The van der Waals surface area contributed by atoms with E-state index in [4.69, 9.17) is 4.84 Å². The minimum Gasteiger partial charge on any atom is -0.294 e. The number of amides is 1. The van der Waals surface area contributed by atoms with Crippen LogP contribution in [0.4, 0.5) is 0 Å². The minimum absolute atomic E-state index is 0.115. The standard InChI is InChI=1S/C12H13NO4/c1-8(14)9-7-12(5-3-10(9)15)6-4-11(16)13(12)17-2/h3,5,7H,4,6H2,1-2H3. The Hall–Kier alpha value is -1.75. The van der Waals surface area contributed by atoms with Crippen molar-refractivity contribution in [1.82, 2.24) is 5.06 Å². The van der Waals surface area contributed by atoms with Crippen LogP contribution in [-0.4, -0.2) is 35.2 Å². The molecule has 1 aliphatic heterocycles. The fourth-order valence-electron chi connectivity index (χ4n) is 2.25. The van der Waals surface area contributed by atoms with Crippen molar-refractivity contribution < 1.29 is 19.2 Å². The van der Waals surface area contributed by atoms with Crippen LogP contribution in [0.15, 0.2) is 23.8 Å². The van der Waals surface area contributed by atoms with Crippen molar-refractivity contribution in [1.29, 1.82) is 0 Å². The Labute approximate surface area is 98.7 Å². The van der Waals surface area contributed by atoms with Gasteiger partial charge in [0.1, 0.15) is 5.54 Å². The molecule has 1 unspecified atom stereocenters. The van der Waals surface area contributed by atoms with Crippen molar-refractivity contribution in [2.75, 3.05) is 7.11 Å². The summed E-state index contributed by atoms with van der Waals surface area (Å²) in [4.78, 5) is 39.5. The molecule has 17 heavy (non-hydrogen) atoms. The second-order valence-corrected chi connectivity index (χ2v) is 4.17. The fourth-order valence-corrected chi connectivity index (χ4v) is 2.25. The lowest BCUT2D eigenvalue weighted by molar-refractivity contribution is -0.182. The van der Waals surface area contributed by atoms with E-state index in [1.165, 1.54) is 31.2 Å². The van der Waals surface area contributed by atoms with Crippen LogP contribution in [0.5, 0.6) is 0 Å². The molecular weight excluding hydrogens is 222 g/mol. The molecule has 1 spiro atoms. The third-order valence-electron chi connectivity index (χ3n) is 3.09. The SMILES string of the molecule is CON1C(=O)CCC12C=CC(=O)C(C(C)=O)=C2. The van der Waals surface area contributed by atoms with Crippen molar-refractivity contribution >= 4 is 17.5 Å². The molecule has 1 amide bonds. The predicted octanol–water partition coefficient (Wildman–Crippen LogP) is 0.563. The summed E-state index contributed by atoms with van der Waals surface area (Å²) in [6, 6.07) is 0. The zero-order chi connectivity index (χ0) is 12.6. The topological polar surface area (TPSA) is 63.7 Å². The van der Waals surface area contributed by atoms with Crippen molar-refractivity contribution in [3.05, 3.63) is 23.8 Å². The first kappa shape index (κ1) is 11.7. The number of hydrogen-bond acceptors (Lipinski definition) is 4. The molecule has 0 aromatic heterocycles. The average molecular weight is 235 g/mol. The van der Waals surface area contributed by atoms with Crippen LogP contribution >= 0.6 is 0 Å². The van der Waals surface area contributed by atoms with Crippen LogP contribution in [0, 0.1) is 0 Å². The molecule has 5 nitrogen and oxygen atoms in total. The van der Waals surface area contributed by atoms with Crippen molar-refractivity contribution in [3.63, 3.8) is 0 Å². The number of ketones is 2. The van der Waals surface area contributed by atoms with E-state index in [0.717, 1.165) is 0 Å². The number of carbonyl (C=O) groups is 3. The van der Waals surface area contributed by atoms with E-state index < -0.39 is 5.54 Å². The summed E-state index contributed by atoms with van der Waals surface area (Å²) in [6.07, 6.45) is 5.35. The van der Waals surface area contributed by atoms with Gasteiger partial charge in [-0.1, -0.05) is 0 Å². The predicted molar refractivity (Wildman–Crippen MR) is 58.7 cm³/mol. The lowest BCUT2D eigenvalue weighted by Crippen LogP contribution is -2.44. The summed E-state index contributed by atoms with van der Waals surface area (Å²) in [6.45, 7) is 1.34. The van der Waals surface area contributed by atoms with E-state index in [-0.39, 0.29) is 23.0 Å². The molecule has 2 aliphatic rings. The number of rotatable bonds is 2. The van der Waals surface area contributed by atoms with E-state index >= 15 is 0 Å². The van der Waals surface area contributed by atoms with E-state index in [0.29, 0.717) is 12.8 Å². The summed E-state index contributed by atoms with van der Waals surface area (Å²) in [7, 11) is 1.40. The Bertz CT molecular complexity index is 463. The highest BCUT2D eigenvalue weighted by Crippen LogP contribution is 2.36. The van der Waals surface area contributed by atoms with Gasteiger partial charge in [-0.05, 0) is 31.6 Å². The van der Waals surface area contributed by atoms with Crippen LogP contribution in [0.3, 0.4) is 0 Å². The molecule has 0 bridgehead atoms. The molecule has 0 radical (unpaired) electrons. The number of Topliss-reactive ketones (excluding diaryl/α,β-unsaturated/α-hetero) is 1. The fraction of sp³-hybridized carbons (Fsp3) is 0.417. The van der Waals surface area contributed by atoms with Gasteiger partial charge in [0.15, 0.2) is 11.6 Å². The maximum absolute atomic E-state index is 11.6. The molecule has 90 valence electrons. The lowest BCUT2D eigenvalue weighted by Gasteiger charge is -2.33. The molecule has 1 fully saturated rings. The first-order valence-corrected chi connectivity index (χ1v) is 5.35. The monoisotopic (exact) mass is 235 g/mol. The van der Waals surface area contributed by atoms with E-state index in [1.54, 1.807) is 6.08 Å². The van der Waals surface area contributed by atoms with Crippen molar-refractivity contribution in [2.24, 2.45) is 0 Å². The number of nitrogens with zero attached hydrogens (tertiary/aromatic N) is 1. The highest BCUT2D eigenvalue weighted by Gasteiger charge is 2.45. The van der Waals surface area contributed by atoms with Gasteiger partial charge in [0, 0.05) is 6.42 Å². The van der Waals surface area contributed by atoms with Gasteiger partial charge in [-0.25, -0.2) is 5.06 Å². The van der Waals surface area contributed by atoms with E-state index in [1.807, 2.05) is 0 Å². The Morgan fingerprint density at radius 3 is 2.76 bits per heavy atom. The summed E-state index contributed by atoms with van der Waals surface area (Å²) in [5.41, 5.74) is -0.662. The third kappa shape index (κ3) is 1.72. The summed E-state index contributed by atoms with van der Waals surface area (Å²) in [5.74, 6) is -0.765. The first-order chi connectivity index (χ1) is 8.00. The third-order valence-corrected chi connectivity index (χ3v) is 3.09. The van der Waals surface area contributed by atoms with Crippen LogP contribution in [0.1, 0.15) is 19.8 Å². The summed E-state index contributed by atoms with van der Waals surface area (Å²) < 4.78 is 0. The van der Waals surface area contributed by atoms with Gasteiger partial charge in [0.25, 0.3) is 0 Å². The van der Waals surface area contributed by atoms with Gasteiger partial charge in [-0.3, -0.25) is 19.2 Å². The smallest absolute Gasteiger partial charge is 0.247 e. The van der Waals surface area contributed by atoms with E-state index in [9.17, 15) is 14.4 Å². The summed E-state index contributed by atoms with van der Waals surface area (Å²) in [5, 5.41) is 1.22. The highest BCUT2D eigenvalue weighted by molar-refractivity contribution is 6.24. The molecular formula is C12H13NO4. The van der Waals surface area contributed by atoms with E-state index in [2.05, 4.69) is 0 Å². The number of hydroxylamine groups is 2. The molecule has 0 aromatic rings. The lowest BCUT2D eigenvalue weighted by atomic mass is 9.86. The number of hydrogen-bond donors (Lipinski definition) is 0.